The van der Waals surface area contributed by atoms with Crippen LogP contribution in [-0.2, 0) is 5.41 Å². The molecule has 1 aromatic rings. The molecule has 0 unspecified atom stereocenters. The van der Waals surface area contributed by atoms with E-state index >= 15 is 0 Å². The molecule has 0 radical (unpaired) electrons. The van der Waals surface area contributed by atoms with E-state index in [4.69, 9.17) is 0 Å². The second kappa shape index (κ2) is 3.87. The quantitative estimate of drug-likeness (QED) is 0.853. The van der Waals surface area contributed by atoms with Crippen LogP contribution in [0.1, 0.15) is 18.4 Å². The van der Waals surface area contributed by atoms with Crippen molar-refractivity contribution < 1.29 is 5.11 Å². The fourth-order valence-corrected chi connectivity index (χ4v) is 3.01. The molecule has 0 amide bonds. The van der Waals surface area contributed by atoms with E-state index in [9.17, 15) is 5.11 Å². The first-order valence-electron chi connectivity index (χ1n) is 4.67. The molecule has 76 valence electrons. The SMILES string of the molecule is CSc1ccc(C2(CO)CC2)cc1Br. The van der Waals surface area contributed by atoms with Gasteiger partial charge in [-0.2, -0.15) is 0 Å². The van der Waals surface area contributed by atoms with E-state index < -0.39 is 0 Å². The van der Waals surface area contributed by atoms with E-state index in [0.29, 0.717) is 0 Å². The molecule has 0 bridgehead atoms. The molecule has 1 aliphatic carbocycles. The second-order valence-electron chi connectivity index (χ2n) is 3.79. The summed E-state index contributed by atoms with van der Waals surface area (Å²) in [6, 6.07) is 6.41. The molecule has 1 aromatic carbocycles. The van der Waals surface area contributed by atoms with Crippen LogP contribution in [0.4, 0.5) is 0 Å². The number of thioether (sulfide) groups is 1. The summed E-state index contributed by atoms with van der Waals surface area (Å²) in [6.07, 6.45) is 4.31. The van der Waals surface area contributed by atoms with Gasteiger partial charge in [0.05, 0.1) is 6.61 Å². The van der Waals surface area contributed by atoms with Crippen molar-refractivity contribution in [2.45, 2.75) is 23.2 Å². The maximum atomic E-state index is 9.31. The molecular weight excluding hydrogens is 260 g/mol. The molecule has 1 nitrogen and oxygen atoms in total. The first-order valence-corrected chi connectivity index (χ1v) is 6.68. The lowest BCUT2D eigenvalue weighted by Crippen LogP contribution is -2.11. The van der Waals surface area contributed by atoms with Crippen molar-refractivity contribution >= 4 is 27.7 Å². The van der Waals surface area contributed by atoms with Crippen LogP contribution in [0.3, 0.4) is 0 Å². The van der Waals surface area contributed by atoms with Gasteiger partial charge in [-0.25, -0.2) is 0 Å². The maximum absolute atomic E-state index is 9.31. The molecule has 2 rings (SSSR count). The van der Waals surface area contributed by atoms with Crippen LogP contribution in [0.2, 0.25) is 0 Å². The number of aliphatic hydroxyl groups excluding tert-OH is 1. The molecule has 1 N–H and O–H groups in total. The van der Waals surface area contributed by atoms with Gasteiger partial charge >= 0.3 is 0 Å². The number of aliphatic hydroxyl groups is 1. The molecule has 0 aliphatic heterocycles. The van der Waals surface area contributed by atoms with Gasteiger partial charge in [-0.1, -0.05) is 6.07 Å². The Morgan fingerprint density at radius 2 is 2.21 bits per heavy atom. The predicted octanol–water partition coefficient (Wildman–Crippen LogP) is 3.19. The maximum Gasteiger partial charge on any atom is 0.0527 e. The normalized spacial score (nSPS) is 18.2. The van der Waals surface area contributed by atoms with E-state index in [1.54, 1.807) is 11.8 Å². The van der Waals surface area contributed by atoms with Gasteiger partial charge in [0.1, 0.15) is 0 Å². The summed E-state index contributed by atoms with van der Waals surface area (Å²) in [5.41, 5.74) is 1.35. The summed E-state index contributed by atoms with van der Waals surface area (Å²) in [4.78, 5) is 1.25. The van der Waals surface area contributed by atoms with Gasteiger partial charge in [-0.05, 0) is 52.7 Å². The van der Waals surface area contributed by atoms with Crippen molar-refractivity contribution in [3.05, 3.63) is 28.2 Å². The fraction of sp³-hybridized carbons (Fsp3) is 0.455. The van der Waals surface area contributed by atoms with E-state index in [1.165, 1.54) is 10.5 Å². The van der Waals surface area contributed by atoms with Crippen LogP contribution in [0, 0.1) is 0 Å². The summed E-state index contributed by atoms with van der Waals surface area (Å²) < 4.78 is 1.14. The summed E-state index contributed by atoms with van der Waals surface area (Å²) >= 11 is 5.29. The highest BCUT2D eigenvalue weighted by Gasteiger charge is 2.43. The molecule has 0 spiro atoms. The predicted molar refractivity (Wildman–Crippen MR) is 63.9 cm³/mol. The number of rotatable bonds is 3. The van der Waals surface area contributed by atoms with Crippen LogP contribution < -0.4 is 0 Å². The standard InChI is InChI=1S/C11H13BrOS/c1-14-10-3-2-8(6-9(10)12)11(7-13)4-5-11/h2-3,6,13H,4-5,7H2,1H3. The number of hydrogen-bond donors (Lipinski definition) is 1. The van der Waals surface area contributed by atoms with Crippen LogP contribution >= 0.6 is 27.7 Å². The van der Waals surface area contributed by atoms with Gasteiger partial charge in [-0.15, -0.1) is 11.8 Å². The van der Waals surface area contributed by atoms with Crippen molar-refractivity contribution in [2.24, 2.45) is 0 Å². The molecule has 0 atom stereocenters. The summed E-state index contributed by atoms with van der Waals surface area (Å²) in [6.45, 7) is 0.276. The van der Waals surface area contributed by atoms with Crippen LogP contribution in [-0.4, -0.2) is 18.0 Å². The monoisotopic (exact) mass is 272 g/mol. The Kier molecular flexibility index (Phi) is 2.91. The van der Waals surface area contributed by atoms with Crippen molar-refractivity contribution in [3.8, 4) is 0 Å². The minimum Gasteiger partial charge on any atom is -0.395 e. The third kappa shape index (κ3) is 1.73. The fourth-order valence-electron chi connectivity index (χ4n) is 1.69. The smallest absolute Gasteiger partial charge is 0.0527 e. The van der Waals surface area contributed by atoms with E-state index in [1.807, 2.05) is 0 Å². The number of benzene rings is 1. The van der Waals surface area contributed by atoms with Crippen LogP contribution in [0.5, 0.6) is 0 Å². The molecule has 1 saturated carbocycles. The van der Waals surface area contributed by atoms with Crippen LogP contribution in [0.25, 0.3) is 0 Å². The van der Waals surface area contributed by atoms with Crippen molar-refractivity contribution in [3.63, 3.8) is 0 Å². The largest absolute Gasteiger partial charge is 0.395 e. The summed E-state index contributed by atoms with van der Waals surface area (Å²) in [5.74, 6) is 0. The number of hydrogen-bond acceptors (Lipinski definition) is 2. The summed E-state index contributed by atoms with van der Waals surface area (Å²) in [5, 5.41) is 9.31. The molecule has 0 heterocycles. The third-order valence-electron chi connectivity index (χ3n) is 2.92. The molecule has 1 fully saturated rings. The molecule has 14 heavy (non-hydrogen) atoms. The van der Waals surface area contributed by atoms with E-state index in [2.05, 4.69) is 40.4 Å². The zero-order valence-electron chi connectivity index (χ0n) is 8.09. The molecule has 3 heteroatoms. The minimum atomic E-state index is 0.0828. The van der Waals surface area contributed by atoms with Gasteiger partial charge in [0.2, 0.25) is 0 Å². The van der Waals surface area contributed by atoms with Gasteiger partial charge in [0, 0.05) is 14.8 Å². The van der Waals surface area contributed by atoms with E-state index in [0.717, 1.165) is 17.3 Å². The molecular formula is C11H13BrOS. The zero-order valence-corrected chi connectivity index (χ0v) is 10.5. The Bertz CT molecular complexity index is 347. The average Bonchev–Trinajstić information content (AvgIpc) is 2.98. The Hall–Kier alpha value is 0.01000. The minimum absolute atomic E-state index is 0.0828. The Labute approximate surface area is 97.0 Å². The highest BCUT2D eigenvalue weighted by atomic mass is 79.9. The van der Waals surface area contributed by atoms with E-state index in [-0.39, 0.29) is 12.0 Å². The van der Waals surface area contributed by atoms with Crippen molar-refractivity contribution in [1.82, 2.24) is 0 Å². The Morgan fingerprint density at radius 3 is 2.64 bits per heavy atom. The van der Waals surface area contributed by atoms with Gasteiger partial charge in [-0.3, -0.25) is 0 Å². The highest BCUT2D eigenvalue weighted by molar-refractivity contribution is 9.10. The van der Waals surface area contributed by atoms with Crippen molar-refractivity contribution in [2.75, 3.05) is 12.9 Å². The molecule has 0 saturated heterocycles. The lowest BCUT2D eigenvalue weighted by molar-refractivity contribution is 0.255. The first kappa shape index (κ1) is 10.5. The lowest BCUT2D eigenvalue weighted by atomic mass is 9.97. The average molecular weight is 273 g/mol. The summed E-state index contributed by atoms with van der Waals surface area (Å²) in [7, 11) is 0. The third-order valence-corrected chi connectivity index (χ3v) is 4.63. The van der Waals surface area contributed by atoms with Gasteiger partial charge in [0.15, 0.2) is 0 Å². The van der Waals surface area contributed by atoms with Crippen LogP contribution in [0.15, 0.2) is 27.6 Å². The lowest BCUT2D eigenvalue weighted by Gasteiger charge is -2.13. The number of halogens is 1. The van der Waals surface area contributed by atoms with Crippen molar-refractivity contribution in [1.29, 1.82) is 0 Å². The zero-order chi connectivity index (χ0) is 10.2. The topological polar surface area (TPSA) is 20.2 Å². The second-order valence-corrected chi connectivity index (χ2v) is 5.49. The highest BCUT2D eigenvalue weighted by Crippen LogP contribution is 2.48. The molecule has 0 aromatic heterocycles. The first-order chi connectivity index (χ1) is 6.72. The molecule has 1 aliphatic rings. The van der Waals surface area contributed by atoms with Gasteiger partial charge in [0.25, 0.3) is 0 Å². The Balaban J connectivity index is 2.33. The Morgan fingerprint density at radius 1 is 1.50 bits per heavy atom. The van der Waals surface area contributed by atoms with Gasteiger partial charge < -0.3 is 5.11 Å².